The minimum absolute atomic E-state index is 0.0973. The van der Waals surface area contributed by atoms with Crippen molar-refractivity contribution in [3.8, 4) is 0 Å². The monoisotopic (exact) mass is 276 g/mol. The standard InChI is InChI=1S/C18H12O3/c19-12-6-5-10-8-15-16(9-11(10)7-12)18(21)14-4-2-1-3-13(14)17(15)20/h1-4,8-9H,5-7H2. The predicted molar refractivity (Wildman–Crippen MR) is 76.8 cm³/mol. The molecule has 102 valence electrons. The van der Waals surface area contributed by atoms with Gasteiger partial charge in [-0.2, -0.15) is 0 Å². The van der Waals surface area contributed by atoms with Gasteiger partial charge in [-0.3, -0.25) is 14.4 Å². The minimum atomic E-state index is -0.124. The number of carbonyl (C=O) groups is 3. The van der Waals surface area contributed by atoms with Crippen LogP contribution in [0.4, 0.5) is 0 Å². The van der Waals surface area contributed by atoms with Crippen molar-refractivity contribution in [2.75, 3.05) is 0 Å². The molecule has 0 saturated carbocycles. The molecule has 0 radical (unpaired) electrons. The summed E-state index contributed by atoms with van der Waals surface area (Å²) in [7, 11) is 0. The van der Waals surface area contributed by atoms with Crippen LogP contribution in [0.15, 0.2) is 36.4 Å². The highest BCUT2D eigenvalue weighted by atomic mass is 16.1. The van der Waals surface area contributed by atoms with E-state index < -0.39 is 0 Å². The molecule has 2 aromatic rings. The molecule has 3 heteroatoms. The van der Waals surface area contributed by atoms with E-state index in [0.29, 0.717) is 41.5 Å². The van der Waals surface area contributed by atoms with E-state index in [0.717, 1.165) is 11.1 Å². The third-order valence-electron chi connectivity index (χ3n) is 4.31. The van der Waals surface area contributed by atoms with Crippen molar-refractivity contribution >= 4 is 17.3 Å². The molecule has 0 atom stereocenters. The maximum absolute atomic E-state index is 12.6. The maximum Gasteiger partial charge on any atom is 0.194 e. The molecule has 0 unspecified atom stereocenters. The lowest BCUT2D eigenvalue weighted by atomic mass is 9.79. The molecule has 2 aliphatic rings. The third kappa shape index (κ3) is 1.70. The first kappa shape index (κ1) is 12.2. The second-order valence-corrected chi connectivity index (χ2v) is 5.59. The zero-order valence-corrected chi connectivity index (χ0v) is 11.3. The van der Waals surface area contributed by atoms with Crippen molar-refractivity contribution in [2.24, 2.45) is 0 Å². The average molecular weight is 276 g/mol. The Hall–Kier alpha value is -2.55. The van der Waals surface area contributed by atoms with E-state index >= 15 is 0 Å². The van der Waals surface area contributed by atoms with Crippen LogP contribution in [-0.2, 0) is 17.6 Å². The Kier molecular flexibility index (Phi) is 2.45. The minimum Gasteiger partial charge on any atom is -0.299 e. The average Bonchev–Trinajstić information content (AvgIpc) is 2.51. The molecule has 0 heterocycles. The summed E-state index contributed by atoms with van der Waals surface area (Å²) in [4.78, 5) is 36.8. The molecule has 0 N–H and O–H groups in total. The summed E-state index contributed by atoms with van der Waals surface area (Å²) >= 11 is 0. The number of benzene rings is 2. The van der Waals surface area contributed by atoms with Crippen LogP contribution < -0.4 is 0 Å². The van der Waals surface area contributed by atoms with E-state index in [9.17, 15) is 14.4 Å². The van der Waals surface area contributed by atoms with Gasteiger partial charge >= 0.3 is 0 Å². The Balaban J connectivity index is 1.95. The molecule has 2 aliphatic carbocycles. The van der Waals surface area contributed by atoms with Crippen LogP contribution in [0.3, 0.4) is 0 Å². The van der Waals surface area contributed by atoms with Gasteiger partial charge in [-0.25, -0.2) is 0 Å². The number of carbonyl (C=O) groups excluding carboxylic acids is 3. The largest absolute Gasteiger partial charge is 0.299 e. The fourth-order valence-corrected chi connectivity index (χ4v) is 3.21. The second-order valence-electron chi connectivity index (χ2n) is 5.59. The smallest absolute Gasteiger partial charge is 0.194 e. The van der Waals surface area contributed by atoms with Crippen LogP contribution in [0, 0.1) is 0 Å². The summed E-state index contributed by atoms with van der Waals surface area (Å²) in [5.74, 6) is -0.0293. The molecule has 0 bridgehead atoms. The number of hydrogen-bond acceptors (Lipinski definition) is 3. The molecule has 4 rings (SSSR count). The molecule has 2 aromatic carbocycles. The molecule has 0 fully saturated rings. The highest BCUT2D eigenvalue weighted by Crippen LogP contribution is 2.31. The number of hydrogen-bond donors (Lipinski definition) is 0. The lowest BCUT2D eigenvalue weighted by Crippen LogP contribution is -2.23. The Labute approximate surface area is 121 Å². The van der Waals surface area contributed by atoms with Gasteiger partial charge < -0.3 is 0 Å². The lowest BCUT2D eigenvalue weighted by molar-refractivity contribution is -0.118. The molecular weight excluding hydrogens is 264 g/mol. The van der Waals surface area contributed by atoms with Crippen LogP contribution in [-0.4, -0.2) is 17.3 Å². The molecule has 0 spiro atoms. The molecule has 21 heavy (non-hydrogen) atoms. The van der Waals surface area contributed by atoms with Crippen LogP contribution in [0.25, 0.3) is 0 Å². The van der Waals surface area contributed by atoms with Crippen molar-refractivity contribution in [3.05, 3.63) is 69.8 Å². The second kappa shape index (κ2) is 4.22. The third-order valence-corrected chi connectivity index (χ3v) is 4.31. The Morgan fingerprint density at radius 1 is 0.667 bits per heavy atom. The molecule has 0 amide bonds. The van der Waals surface area contributed by atoms with E-state index in [-0.39, 0.29) is 17.3 Å². The normalized spacial score (nSPS) is 16.3. The zero-order chi connectivity index (χ0) is 14.6. The maximum atomic E-state index is 12.6. The highest BCUT2D eigenvalue weighted by Gasteiger charge is 2.31. The van der Waals surface area contributed by atoms with Crippen molar-refractivity contribution in [1.29, 1.82) is 0 Å². The van der Waals surface area contributed by atoms with Crippen molar-refractivity contribution in [3.63, 3.8) is 0 Å². The van der Waals surface area contributed by atoms with E-state index in [4.69, 9.17) is 0 Å². The first-order chi connectivity index (χ1) is 10.1. The highest BCUT2D eigenvalue weighted by molar-refractivity contribution is 6.28. The summed E-state index contributed by atoms with van der Waals surface area (Å²) in [5, 5.41) is 0. The quantitative estimate of drug-likeness (QED) is 0.634. The summed E-state index contributed by atoms with van der Waals surface area (Å²) in [6, 6.07) is 10.5. The molecular formula is C18H12O3. The summed E-state index contributed by atoms with van der Waals surface area (Å²) in [5.41, 5.74) is 3.76. The number of fused-ring (bicyclic) bond motifs is 3. The van der Waals surface area contributed by atoms with Crippen LogP contribution in [0.2, 0.25) is 0 Å². The molecule has 0 aromatic heterocycles. The number of Topliss-reactive ketones (excluding diaryl/α,β-unsaturated/α-hetero) is 1. The van der Waals surface area contributed by atoms with Crippen molar-refractivity contribution in [2.45, 2.75) is 19.3 Å². The number of rotatable bonds is 0. The summed E-state index contributed by atoms with van der Waals surface area (Å²) < 4.78 is 0. The summed E-state index contributed by atoms with van der Waals surface area (Å²) in [6.45, 7) is 0. The fourth-order valence-electron chi connectivity index (χ4n) is 3.21. The van der Waals surface area contributed by atoms with Gasteiger partial charge in [0.15, 0.2) is 11.6 Å². The Bertz CT molecular complexity index is 830. The van der Waals surface area contributed by atoms with Crippen LogP contribution in [0.1, 0.15) is 49.4 Å². The van der Waals surface area contributed by atoms with E-state index in [1.807, 2.05) is 6.07 Å². The molecule has 0 aliphatic heterocycles. The zero-order valence-electron chi connectivity index (χ0n) is 11.3. The molecule has 3 nitrogen and oxygen atoms in total. The van der Waals surface area contributed by atoms with Gasteiger partial charge in [0.2, 0.25) is 0 Å². The van der Waals surface area contributed by atoms with Crippen molar-refractivity contribution in [1.82, 2.24) is 0 Å². The first-order valence-corrected chi connectivity index (χ1v) is 7.01. The first-order valence-electron chi connectivity index (χ1n) is 7.01. The van der Waals surface area contributed by atoms with Gasteiger partial charge in [0.1, 0.15) is 5.78 Å². The number of ketones is 3. The van der Waals surface area contributed by atoms with Gasteiger partial charge in [-0.05, 0) is 29.7 Å². The molecule has 0 saturated heterocycles. The SMILES string of the molecule is O=C1CCc2cc3c(cc2C1)C(=O)c1ccccc1C3=O. The topological polar surface area (TPSA) is 51.2 Å². The van der Waals surface area contributed by atoms with Gasteiger partial charge in [0.05, 0.1) is 0 Å². The van der Waals surface area contributed by atoms with Crippen LogP contribution >= 0.6 is 0 Å². The van der Waals surface area contributed by atoms with Crippen LogP contribution in [0.5, 0.6) is 0 Å². The van der Waals surface area contributed by atoms with E-state index in [1.165, 1.54) is 0 Å². The Morgan fingerprint density at radius 2 is 1.24 bits per heavy atom. The summed E-state index contributed by atoms with van der Waals surface area (Å²) in [6.07, 6.45) is 1.54. The fraction of sp³-hybridized carbons (Fsp3) is 0.167. The van der Waals surface area contributed by atoms with Crippen molar-refractivity contribution < 1.29 is 14.4 Å². The Morgan fingerprint density at radius 3 is 1.86 bits per heavy atom. The van der Waals surface area contributed by atoms with Gasteiger partial charge in [-0.1, -0.05) is 24.3 Å². The predicted octanol–water partition coefficient (Wildman–Crippen LogP) is 2.52. The van der Waals surface area contributed by atoms with Gasteiger partial charge in [0.25, 0.3) is 0 Å². The van der Waals surface area contributed by atoms with E-state index in [2.05, 4.69) is 0 Å². The lowest BCUT2D eigenvalue weighted by Gasteiger charge is -2.22. The van der Waals surface area contributed by atoms with E-state index in [1.54, 1.807) is 30.3 Å². The number of aryl methyl sites for hydroxylation is 1. The van der Waals surface area contributed by atoms with Gasteiger partial charge in [0, 0.05) is 35.1 Å². The van der Waals surface area contributed by atoms with Gasteiger partial charge in [-0.15, -0.1) is 0 Å².